The number of Topliss-reactive ketones (excluding diaryl/α,β-unsaturated/α-hetero) is 1. The standard InChI is InChI=1S/C17H28O/c1-12(18)17(2)10-9-16-14(11-17)8-7-13-5-3-4-6-15(13)16/h13-16H,3-11H2,1-2H3. The van der Waals surface area contributed by atoms with Gasteiger partial charge in [-0.15, -0.1) is 0 Å². The zero-order chi connectivity index (χ0) is 12.8. The van der Waals surface area contributed by atoms with Crippen molar-refractivity contribution in [3.8, 4) is 0 Å². The van der Waals surface area contributed by atoms with E-state index in [1.54, 1.807) is 0 Å². The van der Waals surface area contributed by atoms with E-state index < -0.39 is 0 Å². The highest BCUT2D eigenvalue weighted by Gasteiger charge is 2.47. The molecule has 0 bridgehead atoms. The second-order valence-corrected chi connectivity index (χ2v) is 7.57. The van der Waals surface area contributed by atoms with Crippen molar-refractivity contribution >= 4 is 5.78 Å². The molecule has 102 valence electrons. The second kappa shape index (κ2) is 4.65. The molecule has 0 aromatic heterocycles. The molecule has 3 rings (SSSR count). The summed E-state index contributed by atoms with van der Waals surface area (Å²) in [4.78, 5) is 11.9. The fourth-order valence-corrected chi connectivity index (χ4v) is 5.34. The quantitative estimate of drug-likeness (QED) is 0.663. The molecular weight excluding hydrogens is 220 g/mol. The first-order chi connectivity index (χ1) is 8.60. The van der Waals surface area contributed by atoms with Gasteiger partial charge in [-0.2, -0.15) is 0 Å². The molecule has 0 N–H and O–H groups in total. The molecule has 0 amide bonds. The minimum absolute atomic E-state index is 0.0165. The number of fused-ring (bicyclic) bond motifs is 3. The van der Waals surface area contributed by atoms with Gasteiger partial charge < -0.3 is 0 Å². The van der Waals surface area contributed by atoms with Crippen LogP contribution >= 0.6 is 0 Å². The summed E-state index contributed by atoms with van der Waals surface area (Å²) in [5.74, 6) is 4.34. The molecule has 0 spiro atoms. The van der Waals surface area contributed by atoms with E-state index >= 15 is 0 Å². The summed E-state index contributed by atoms with van der Waals surface area (Å²) in [7, 11) is 0. The summed E-state index contributed by atoms with van der Waals surface area (Å²) in [5, 5.41) is 0. The molecule has 0 heterocycles. The van der Waals surface area contributed by atoms with E-state index in [4.69, 9.17) is 0 Å². The second-order valence-electron chi connectivity index (χ2n) is 7.57. The molecule has 0 aliphatic heterocycles. The van der Waals surface area contributed by atoms with E-state index in [0.717, 1.165) is 30.1 Å². The van der Waals surface area contributed by atoms with Crippen LogP contribution in [-0.2, 0) is 4.79 Å². The highest BCUT2D eigenvalue weighted by molar-refractivity contribution is 5.82. The average molecular weight is 248 g/mol. The first-order valence-electron chi connectivity index (χ1n) is 8.11. The summed E-state index contributed by atoms with van der Waals surface area (Å²) in [5.41, 5.74) is 0.0165. The van der Waals surface area contributed by atoms with Gasteiger partial charge >= 0.3 is 0 Å². The van der Waals surface area contributed by atoms with E-state index in [9.17, 15) is 4.79 Å². The third kappa shape index (κ3) is 2.04. The lowest BCUT2D eigenvalue weighted by Gasteiger charge is -2.51. The van der Waals surface area contributed by atoms with Gasteiger partial charge in [0.15, 0.2) is 0 Å². The average Bonchev–Trinajstić information content (AvgIpc) is 2.38. The summed E-state index contributed by atoms with van der Waals surface area (Å²) < 4.78 is 0. The summed E-state index contributed by atoms with van der Waals surface area (Å²) in [6.45, 7) is 4.03. The van der Waals surface area contributed by atoms with Crippen molar-refractivity contribution in [1.29, 1.82) is 0 Å². The number of carbonyl (C=O) groups excluding carboxylic acids is 1. The summed E-state index contributed by atoms with van der Waals surface area (Å²) in [6.07, 6.45) is 12.5. The van der Waals surface area contributed by atoms with Crippen LogP contribution in [0.25, 0.3) is 0 Å². The molecule has 1 nitrogen and oxygen atoms in total. The third-order valence-corrected chi connectivity index (χ3v) is 6.62. The summed E-state index contributed by atoms with van der Waals surface area (Å²) in [6, 6.07) is 0. The minimum atomic E-state index is 0.0165. The summed E-state index contributed by atoms with van der Waals surface area (Å²) >= 11 is 0. The number of ketones is 1. The largest absolute Gasteiger partial charge is 0.299 e. The Labute approximate surface area is 112 Å². The predicted octanol–water partition coefficient (Wildman–Crippen LogP) is 4.60. The maximum atomic E-state index is 11.9. The molecule has 3 aliphatic rings. The number of carbonyl (C=O) groups is 1. The lowest BCUT2D eigenvalue weighted by Crippen LogP contribution is -2.44. The van der Waals surface area contributed by atoms with Crippen LogP contribution < -0.4 is 0 Å². The van der Waals surface area contributed by atoms with Gasteiger partial charge in [-0.3, -0.25) is 4.79 Å². The Morgan fingerprint density at radius 3 is 2.39 bits per heavy atom. The Hall–Kier alpha value is -0.330. The van der Waals surface area contributed by atoms with Crippen LogP contribution in [0.4, 0.5) is 0 Å². The van der Waals surface area contributed by atoms with Crippen LogP contribution in [0.3, 0.4) is 0 Å². The van der Waals surface area contributed by atoms with Gasteiger partial charge in [-0.05, 0) is 69.1 Å². The van der Waals surface area contributed by atoms with Crippen molar-refractivity contribution < 1.29 is 4.79 Å². The first-order valence-corrected chi connectivity index (χ1v) is 8.11. The van der Waals surface area contributed by atoms with Crippen molar-refractivity contribution in [3.63, 3.8) is 0 Å². The van der Waals surface area contributed by atoms with Gasteiger partial charge in [0.05, 0.1) is 0 Å². The van der Waals surface area contributed by atoms with Gasteiger partial charge in [0.2, 0.25) is 0 Å². The molecular formula is C17H28O. The Bertz CT molecular complexity index is 335. The molecule has 18 heavy (non-hydrogen) atoms. The normalized spacial score (nSPS) is 48.1. The van der Waals surface area contributed by atoms with Gasteiger partial charge in [0.25, 0.3) is 0 Å². The zero-order valence-corrected chi connectivity index (χ0v) is 12.1. The third-order valence-electron chi connectivity index (χ3n) is 6.62. The van der Waals surface area contributed by atoms with Crippen LogP contribution in [0.1, 0.15) is 71.6 Å². The monoisotopic (exact) mass is 248 g/mol. The predicted molar refractivity (Wildman–Crippen MR) is 74.3 cm³/mol. The number of hydrogen-bond acceptors (Lipinski definition) is 1. The van der Waals surface area contributed by atoms with Crippen molar-refractivity contribution in [2.24, 2.45) is 29.1 Å². The van der Waals surface area contributed by atoms with Gasteiger partial charge in [-0.25, -0.2) is 0 Å². The molecule has 0 saturated heterocycles. The van der Waals surface area contributed by atoms with E-state index in [1.165, 1.54) is 51.4 Å². The molecule has 0 radical (unpaired) electrons. The van der Waals surface area contributed by atoms with E-state index in [0.29, 0.717) is 5.78 Å². The highest BCUT2D eigenvalue weighted by atomic mass is 16.1. The Kier molecular flexibility index (Phi) is 3.28. The molecule has 5 atom stereocenters. The van der Waals surface area contributed by atoms with Gasteiger partial charge in [0.1, 0.15) is 5.78 Å². The fraction of sp³-hybridized carbons (Fsp3) is 0.941. The molecule has 5 unspecified atom stereocenters. The molecule has 1 heteroatoms. The minimum Gasteiger partial charge on any atom is -0.299 e. The lowest BCUT2D eigenvalue weighted by molar-refractivity contribution is -0.131. The number of hydrogen-bond donors (Lipinski definition) is 0. The topological polar surface area (TPSA) is 17.1 Å². The number of rotatable bonds is 1. The van der Waals surface area contributed by atoms with Crippen LogP contribution in [0.15, 0.2) is 0 Å². The SMILES string of the molecule is CC(=O)C1(C)CCC2C(CCC3CCCCC32)C1. The Morgan fingerprint density at radius 2 is 1.61 bits per heavy atom. The maximum absolute atomic E-state index is 11.9. The lowest BCUT2D eigenvalue weighted by atomic mass is 9.53. The van der Waals surface area contributed by atoms with Crippen molar-refractivity contribution in [2.75, 3.05) is 0 Å². The zero-order valence-electron chi connectivity index (χ0n) is 12.1. The van der Waals surface area contributed by atoms with Crippen LogP contribution in [0.2, 0.25) is 0 Å². The van der Waals surface area contributed by atoms with E-state index in [2.05, 4.69) is 6.92 Å². The van der Waals surface area contributed by atoms with E-state index in [1.807, 2.05) is 6.92 Å². The Morgan fingerprint density at radius 1 is 0.944 bits per heavy atom. The smallest absolute Gasteiger partial charge is 0.135 e. The van der Waals surface area contributed by atoms with Crippen molar-refractivity contribution in [2.45, 2.75) is 71.6 Å². The van der Waals surface area contributed by atoms with Crippen molar-refractivity contribution in [3.05, 3.63) is 0 Å². The molecule has 3 saturated carbocycles. The van der Waals surface area contributed by atoms with Crippen molar-refractivity contribution in [1.82, 2.24) is 0 Å². The first kappa shape index (κ1) is 12.7. The van der Waals surface area contributed by atoms with Gasteiger partial charge in [0, 0.05) is 5.41 Å². The van der Waals surface area contributed by atoms with Crippen LogP contribution in [-0.4, -0.2) is 5.78 Å². The van der Waals surface area contributed by atoms with Crippen LogP contribution in [0, 0.1) is 29.1 Å². The maximum Gasteiger partial charge on any atom is 0.135 e. The van der Waals surface area contributed by atoms with E-state index in [-0.39, 0.29) is 5.41 Å². The molecule has 0 aromatic carbocycles. The molecule has 0 aromatic rings. The Balaban J connectivity index is 1.74. The van der Waals surface area contributed by atoms with Crippen LogP contribution in [0.5, 0.6) is 0 Å². The van der Waals surface area contributed by atoms with Gasteiger partial charge in [-0.1, -0.05) is 26.2 Å². The molecule has 3 aliphatic carbocycles. The molecule has 3 fully saturated rings. The fourth-order valence-electron chi connectivity index (χ4n) is 5.34. The highest BCUT2D eigenvalue weighted by Crippen LogP contribution is 2.55.